The van der Waals surface area contributed by atoms with E-state index >= 15 is 0 Å². The highest BCUT2D eigenvalue weighted by Crippen LogP contribution is 2.32. The average molecular weight is 184 g/mol. The van der Waals surface area contributed by atoms with E-state index < -0.39 is 0 Å². The maximum atomic E-state index is 5.37. The number of nitrogen functional groups attached to an aromatic ring is 1. The van der Waals surface area contributed by atoms with Crippen molar-refractivity contribution in [1.29, 1.82) is 0 Å². The molecule has 0 bridgehead atoms. The maximum absolute atomic E-state index is 5.37. The van der Waals surface area contributed by atoms with Gasteiger partial charge in [-0.05, 0) is 12.3 Å². The third-order valence-corrected chi connectivity index (χ3v) is 2.65. The van der Waals surface area contributed by atoms with Gasteiger partial charge in [-0.3, -0.25) is 0 Å². The van der Waals surface area contributed by atoms with Crippen molar-refractivity contribution in [2.45, 2.75) is 19.3 Å². The van der Waals surface area contributed by atoms with Crippen molar-refractivity contribution in [3.05, 3.63) is 0 Å². The van der Waals surface area contributed by atoms with Crippen LogP contribution in [0.15, 0.2) is 0 Å². The number of nitrogens with zero attached hydrogens (tertiary/aromatic N) is 2. The first-order valence-electron chi connectivity index (χ1n) is 4.17. The summed E-state index contributed by atoms with van der Waals surface area (Å²) in [4.78, 5) is 4.00. The van der Waals surface area contributed by atoms with E-state index in [9.17, 15) is 0 Å². The summed E-state index contributed by atoms with van der Waals surface area (Å²) in [5.41, 5.74) is 5.37. The molecule has 1 fully saturated rings. The van der Waals surface area contributed by atoms with Gasteiger partial charge in [0.2, 0.25) is 11.1 Å². The van der Waals surface area contributed by atoms with E-state index in [4.69, 9.17) is 5.73 Å². The van der Waals surface area contributed by atoms with Crippen LogP contribution >= 0.6 is 11.5 Å². The molecule has 2 rings (SSSR count). The van der Waals surface area contributed by atoms with Crippen LogP contribution in [0.5, 0.6) is 0 Å². The molecule has 0 aliphatic heterocycles. The summed E-state index contributed by atoms with van der Waals surface area (Å²) in [5, 5.41) is 4.04. The van der Waals surface area contributed by atoms with Crippen molar-refractivity contribution >= 4 is 22.6 Å². The number of aromatic nitrogens is 2. The van der Waals surface area contributed by atoms with Crippen LogP contribution in [-0.4, -0.2) is 15.9 Å². The molecule has 0 atom stereocenters. The van der Waals surface area contributed by atoms with Crippen molar-refractivity contribution in [3.8, 4) is 0 Å². The van der Waals surface area contributed by atoms with Crippen molar-refractivity contribution in [1.82, 2.24) is 9.36 Å². The molecule has 5 heteroatoms. The summed E-state index contributed by atoms with van der Waals surface area (Å²) in [6, 6.07) is 0. The first-order chi connectivity index (χ1) is 5.84. The van der Waals surface area contributed by atoms with Gasteiger partial charge in [-0.2, -0.15) is 9.36 Å². The number of hydrogen-bond acceptors (Lipinski definition) is 5. The SMILES string of the molecule is Nc1nsc(NCCC2CC2)n1. The minimum atomic E-state index is 0.369. The molecule has 3 N–H and O–H groups in total. The highest BCUT2D eigenvalue weighted by atomic mass is 32.1. The number of rotatable bonds is 4. The lowest BCUT2D eigenvalue weighted by molar-refractivity contribution is 0.760. The largest absolute Gasteiger partial charge is 0.367 e. The van der Waals surface area contributed by atoms with E-state index in [2.05, 4.69) is 14.7 Å². The second-order valence-electron chi connectivity index (χ2n) is 3.12. The fourth-order valence-electron chi connectivity index (χ4n) is 1.10. The lowest BCUT2D eigenvalue weighted by Crippen LogP contribution is -2.01. The second-order valence-corrected chi connectivity index (χ2v) is 3.87. The minimum absolute atomic E-state index is 0.369. The third-order valence-electron chi connectivity index (χ3n) is 1.97. The van der Waals surface area contributed by atoms with Gasteiger partial charge >= 0.3 is 0 Å². The van der Waals surface area contributed by atoms with Gasteiger partial charge in [-0.15, -0.1) is 0 Å². The quantitative estimate of drug-likeness (QED) is 0.741. The smallest absolute Gasteiger partial charge is 0.233 e. The predicted molar refractivity (Wildman–Crippen MR) is 50.2 cm³/mol. The Balaban J connectivity index is 1.71. The zero-order valence-electron chi connectivity index (χ0n) is 6.79. The zero-order valence-corrected chi connectivity index (χ0v) is 7.60. The van der Waals surface area contributed by atoms with Crippen molar-refractivity contribution < 1.29 is 0 Å². The Hall–Kier alpha value is -0.840. The van der Waals surface area contributed by atoms with Gasteiger partial charge in [-0.1, -0.05) is 12.8 Å². The van der Waals surface area contributed by atoms with Crippen LogP contribution in [0, 0.1) is 5.92 Å². The van der Waals surface area contributed by atoms with Crippen LogP contribution in [0.4, 0.5) is 11.1 Å². The summed E-state index contributed by atoms with van der Waals surface area (Å²) in [5.74, 6) is 1.33. The Bertz CT molecular complexity index is 256. The van der Waals surface area contributed by atoms with Crippen molar-refractivity contribution in [3.63, 3.8) is 0 Å². The van der Waals surface area contributed by atoms with Gasteiger partial charge in [-0.25, -0.2) is 0 Å². The Morgan fingerprint density at radius 3 is 3.00 bits per heavy atom. The number of anilines is 2. The van der Waals surface area contributed by atoms with Gasteiger partial charge in [0, 0.05) is 18.1 Å². The maximum Gasteiger partial charge on any atom is 0.233 e. The second kappa shape index (κ2) is 3.26. The molecule has 0 amide bonds. The zero-order chi connectivity index (χ0) is 8.39. The fraction of sp³-hybridized carbons (Fsp3) is 0.714. The molecule has 1 aliphatic carbocycles. The molecule has 1 aromatic heterocycles. The summed E-state index contributed by atoms with van der Waals surface area (Å²) < 4.78 is 3.88. The Morgan fingerprint density at radius 2 is 2.42 bits per heavy atom. The van der Waals surface area contributed by atoms with Crippen molar-refractivity contribution in [2.24, 2.45) is 5.92 Å². The van der Waals surface area contributed by atoms with Crippen LogP contribution in [0.1, 0.15) is 19.3 Å². The van der Waals surface area contributed by atoms with Crippen LogP contribution in [0.25, 0.3) is 0 Å². The molecule has 1 aliphatic rings. The van der Waals surface area contributed by atoms with Crippen LogP contribution < -0.4 is 11.1 Å². The van der Waals surface area contributed by atoms with Gasteiger partial charge < -0.3 is 11.1 Å². The topological polar surface area (TPSA) is 63.8 Å². The lowest BCUT2D eigenvalue weighted by Gasteiger charge is -1.98. The Kier molecular flexibility index (Phi) is 2.12. The monoisotopic (exact) mass is 184 g/mol. The standard InChI is InChI=1S/C7H12N4S/c8-6-10-7(12-11-6)9-4-3-5-1-2-5/h5H,1-4H2,(H3,8,9,10,11). The summed E-state index contributed by atoms with van der Waals surface area (Å²) in [7, 11) is 0. The van der Waals surface area contributed by atoms with E-state index in [1.165, 1.54) is 30.8 Å². The van der Waals surface area contributed by atoms with Gasteiger partial charge in [0.05, 0.1) is 0 Å². The summed E-state index contributed by atoms with van der Waals surface area (Å²) in [6.07, 6.45) is 4.05. The van der Waals surface area contributed by atoms with Gasteiger partial charge in [0.1, 0.15) is 0 Å². The Labute approximate surface area is 75.4 Å². The van der Waals surface area contributed by atoms with E-state index in [0.717, 1.165) is 17.6 Å². The molecule has 4 nitrogen and oxygen atoms in total. The predicted octanol–water partition coefficient (Wildman–Crippen LogP) is 1.33. The molecular weight excluding hydrogens is 172 g/mol. The molecule has 1 saturated carbocycles. The number of nitrogens with two attached hydrogens (primary N) is 1. The van der Waals surface area contributed by atoms with Crippen LogP contribution in [0.2, 0.25) is 0 Å². The fourth-order valence-corrected chi connectivity index (χ4v) is 1.62. The molecule has 0 radical (unpaired) electrons. The first kappa shape index (κ1) is 7.79. The van der Waals surface area contributed by atoms with Gasteiger partial charge in [0.25, 0.3) is 0 Å². The summed E-state index contributed by atoms with van der Waals surface area (Å²) >= 11 is 1.32. The van der Waals surface area contributed by atoms with Crippen molar-refractivity contribution in [2.75, 3.05) is 17.6 Å². The average Bonchev–Trinajstić information content (AvgIpc) is 2.76. The highest BCUT2D eigenvalue weighted by Gasteiger charge is 2.20. The number of hydrogen-bond donors (Lipinski definition) is 2. The Morgan fingerprint density at radius 1 is 1.58 bits per heavy atom. The van der Waals surface area contributed by atoms with E-state index in [-0.39, 0.29) is 0 Å². The van der Waals surface area contributed by atoms with E-state index in [0.29, 0.717) is 5.95 Å². The molecule has 0 aromatic carbocycles. The summed E-state index contributed by atoms with van der Waals surface area (Å²) in [6.45, 7) is 0.999. The molecular formula is C7H12N4S. The molecule has 1 heterocycles. The minimum Gasteiger partial charge on any atom is -0.367 e. The first-order valence-corrected chi connectivity index (χ1v) is 4.95. The normalized spacial score (nSPS) is 16.3. The molecule has 0 spiro atoms. The van der Waals surface area contributed by atoms with Crippen LogP contribution in [0.3, 0.4) is 0 Å². The van der Waals surface area contributed by atoms with Gasteiger partial charge in [0.15, 0.2) is 0 Å². The molecule has 0 saturated heterocycles. The van der Waals surface area contributed by atoms with E-state index in [1.54, 1.807) is 0 Å². The highest BCUT2D eigenvalue weighted by molar-refractivity contribution is 7.09. The molecule has 0 unspecified atom stereocenters. The molecule has 12 heavy (non-hydrogen) atoms. The number of nitrogens with one attached hydrogen (secondary N) is 1. The third kappa shape index (κ3) is 2.07. The van der Waals surface area contributed by atoms with Crippen LogP contribution in [-0.2, 0) is 0 Å². The van der Waals surface area contributed by atoms with E-state index in [1.807, 2.05) is 0 Å². The lowest BCUT2D eigenvalue weighted by atomic mass is 10.3. The molecule has 1 aromatic rings. The molecule has 66 valence electrons.